The van der Waals surface area contributed by atoms with Gasteiger partial charge >= 0.3 is 6.03 Å². The molecule has 0 saturated carbocycles. The molecule has 1 aromatic rings. The molecule has 1 fully saturated rings. The molecule has 0 aromatic heterocycles. The average molecular weight is 387 g/mol. The van der Waals surface area contributed by atoms with E-state index in [0.717, 1.165) is 5.69 Å². The molecule has 1 aromatic carbocycles. The summed E-state index contributed by atoms with van der Waals surface area (Å²) in [4.78, 5) is 28.1. The number of anilines is 1. The molecule has 6 nitrogen and oxygen atoms in total. The number of carbonyl (C=O) groups is 2. The van der Waals surface area contributed by atoms with Gasteiger partial charge in [0.1, 0.15) is 6.04 Å². The summed E-state index contributed by atoms with van der Waals surface area (Å²) in [6.45, 7) is 7.98. The van der Waals surface area contributed by atoms with Crippen molar-refractivity contribution in [3.05, 3.63) is 28.2 Å². The second-order valence-electron chi connectivity index (χ2n) is 6.41. The van der Waals surface area contributed by atoms with Crippen LogP contribution in [0.5, 0.6) is 0 Å². The lowest BCUT2D eigenvalue weighted by Crippen LogP contribution is -2.55. The normalized spacial score (nSPS) is 15.9. The van der Waals surface area contributed by atoms with Gasteiger partial charge in [-0.2, -0.15) is 0 Å². The van der Waals surface area contributed by atoms with E-state index >= 15 is 0 Å². The highest BCUT2D eigenvalue weighted by molar-refractivity contribution is 6.42. The minimum Gasteiger partial charge on any atom is -0.368 e. The van der Waals surface area contributed by atoms with Crippen LogP contribution in [-0.4, -0.2) is 55.1 Å². The van der Waals surface area contributed by atoms with E-state index in [1.165, 1.54) is 0 Å². The fraction of sp³-hybridized carbons (Fsp3) is 0.529. The van der Waals surface area contributed by atoms with Crippen LogP contribution in [0.2, 0.25) is 10.0 Å². The number of rotatable bonds is 4. The number of hydrogen-bond donors (Lipinski definition) is 2. The molecule has 0 bridgehead atoms. The van der Waals surface area contributed by atoms with Gasteiger partial charge in [0.05, 0.1) is 10.0 Å². The van der Waals surface area contributed by atoms with Gasteiger partial charge in [0.2, 0.25) is 5.91 Å². The Morgan fingerprint density at radius 3 is 2.20 bits per heavy atom. The van der Waals surface area contributed by atoms with E-state index in [9.17, 15) is 9.59 Å². The van der Waals surface area contributed by atoms with Crippen LogP contribution in [0.15, 0.2) is 18.2 Å². The van der Waals surface area contributed by atoms with Gasteiger partial charge < -0.3 is 20.4 Å². The monoisotopic (exact) mass is 386 g/mol. The van der Waals surface area contributed by atoms with Crippen molar-refractivity contribution in [1.29, 1.82) is 0 Å². The molecule has 1 atom stereocenters. The number of urea groups is 1. The zero-order valence-corrected chi connectivity index (χ0v) is 16.2. The third-order valence-corrected chi connectivity index (χ3v) is 4.74. The maximum Gasteiger partial charge on any atom is 0.318 e. The molecule has 25 heavy (non-hydrogen) atoms. The molecular weight excluding hydrogens is 363 g/mol. The summed E-state index contributed by atoms with van der Waals surface area (Å²) in [6.07, 6.45) is 0. The van der Waals surface area contributed by atoms with Gasteiger partial charge in [-0.1, -0.05) is 23.2 Å². The third kappa shape index (κ3) is 5.41. The fourth-order valence-electron chi connectivity index (χ4n) is 2.60. The predicted octanol–water partition coefficient (Wildman–Crippen LogP) is 2.74. The lowest BCUT2D eigenvalue weighted by molar-refractivity contribution is -0.123. The van der Waals surface area contributed by atoms with Crippen molar-refractivity contribution in [2.45, 2.75) is 32.9 Å². The van der Waals surface area contributed by atoms with Crippen molar-refractivity contribution in [2.75, 3.05) is 31.1 Å². The lowest BCUT2D eigenvalue weighted by Gasteiger charge is -2.36. The molecule has 1 heterocycles. The van der Waals surface area contributed by atoms with Crippen LogP contribution in [0.4, 0.5) is 10.5 Å². The number of amides is 3. The first-order valence-electron chi connectivity index (χ1n) is 8.33. The zero-order valence-electron chi connectivity index (χ0n) is 14.7. The number of carbonyl (C=O) groups excluding carboxylic acids is 2. The smallest absolute Gasteiger partial charge is 0.318 e. The largest absolute Gasteiger partial charge is 0.368 e. The summed E-state index contributed by atoms with van der Waals surface area (Å²) in [5.41, 5.74) is 0.985. The highest BCUT2D eigenvalue weighted by Gasteiger charge is 2.24. The quantitative estimate of drug-likeness (QED) is 0.835. The highest BCUT2D eigenvalue weighted by atomic mass is 35.5. The molecule has 1 aliphatic rings. The Morgan fingerprint density at radius 2 is 1.64 bits per heavy atom. The minimum atomic E-state index is -0.567. The second kappa shape index (κ2) is 8.63. The number of nitrogens with one attached hydrogen (secondary N) is 2. The van der Waals surface area contributed by atoms with Crippen LogP contribution < -0.4 is 15.5 Å². The van der Waals surface area contributed by atoms with Crippen molar-refractivity contribution in [3.8, 4) is 0 Å². The Labute approximate surface area is 158 Å². The van der Waals surface area contributed by atoms with E-state index in [-0.39, 0.29) is 18.0 Å². The van der Waals surface area contributed by atoms with Crippen molar-refractivity contribution in [2.24, 2.45) is 0 Å². The molecule has 0 aliphatic carbocycles. The van der Waals surface area contributed by atoms with E-state index in [1.807, 2.05) is 26.0 Å². The molecule has 1 saturated heterocycles. The Kier molecular flexibility index (Phi) is 6.79. The van der Waals surface area contributed by atoms with Gasteiger partial charge in [0, 0.05) is 37.9 Å². The SMILES string of the molecule is CC(C)NC(=O)C(C)NC(=O)N1CCN(c2ccc(Cl)c(Cl)c2)CC1. The van der Waals surface area contributed by atoms with Crippen LogP contribution >= 0.6 is 23.2 Å². The van der Waals surface area contributed by atoms with Crippen LogP contribution in [0, 0.1) is 0 Å². The average Bonchev–Trinajstić information content (AvgIpc) is 2.56. The molecular formula is C17H24Cl2N4O2. The van der Waals surface area contributed by atoms with E-state index in [0.29, 0.717) is 36.2 Å². The van der Waals surface area contributed by atoms with Crippen LogP contribution in [0.3, 0.4) is 0 Å². The summed E-state index contributed by atoms with van der Waals surface area (Å²) in [5, 5.41) is 6.57. The molecule has 0 radical (unpaired) electrons. The maximum absolute atomic E-state index is 12.3. The standard InChI is InChI=1S/C17H24Cl2N4O2/c1-11(2)20-16(24)12(3)21-17(25)23-8-6-22(7-9-23)13-4-5-14(18)15(19)10-13/h4-5,10-12H,6-9H2,1-3H3,(H,20,24)(H,21,25). The van der Waals surface area contributed by atoms with Crippen molar-refractivity contribution in [1.82, 2.24) is 15.5 Å². The van der Waals surface area contributed by atoms with E-state index in [4.69, 9.17) is 23.2 Å². The van der Waals surface area contributed by atoms with E-state index < -0.39 is 6.04 Å². The van der Waals surface area contributed by atoms with E-state index in [2.05, 4.69) is 15.5 Å². The Hall–Kier alpha value is -1.66. The van der Waals surface area contributed by atoms with Gasteiger partial charge in [0.25, 0.3) is 0 Å². The maximum atomic E-state index is 12.3. The molecule has 2 rings (SSSR count). The third-order valence-electron chi connectivity index (χ3n) is 4.00. The Bertz CT molecular complexity index is 631. The zero-order chi connectivity index (χ0) is 18.6. The van der Waals surface area contributed by atoms with Gasteiger partial charge in [-0.05, 0) is 39.0 Å². The fourth-order valence-corrected chi connectivity index (χ4v) is 2.89. The molecule has 3 amide bonds. The van der Waals surface area contributed by atoms with Gasteiger partial charge in [0.15, 0.2) is 0 Å². The summed E-state index contributed by atoms with van der Waals surface area (Å²) in [6, 6.07) is 4.78. The number of piperazine rings is 1. The number of benzene rings is 1. The Morgan fingerprint density at radius 1 is 1.00 bits per heavy atom. The van der Waals surface area contributed by atoms with Crippen molar-refractivity contribution in [3.63, 3.8) is 0 Å². The van der Waals surface area contributed by atoms with E-state index in [1.54, 1.807) is 17.9 Å². The summed E-state index contributed by atoms with van der Waals surface area (Å²) in [5.74, 6) is -0.183. The minimum absolute atomic E-state index is 0.0431. The van der Waals surface area contributed by atoms with Crippen molar-refractivity contribution < 1.29 is 9.59 Å². The summed E-state index contributed by atoms with van der Waals surface area (Å²) in [7, 11) is 0. The first-order valence-corrected chi connectivity index (χ1v) is 9.09. The number of halogens is 2. The summed E-state index contributed by atoms with van der Waals surface area (Å²) < 4.78 is 0. The lowest BCUT2D eigenvalue weighted by atomic mass is 10.2. The number of nitrogens with zero attached hydrogens (tertiary/aromatic N) is 2. The van der Waals surface area contributed by atoms with Gasteiger partial charge in [-0.25, -0.2) is 4.79 Å². The predicted molar refractivity (Wildman–Crippen MR) is 102 cm³/mol. The van der Waals surface area contributed by atoms with Crippen LogP contribution in [0.1, 0.15) is 20.8 Å². The first kappa shape index (κ1) is 19.7. The van der Waals surface area contributed by atoms with Gasteiger partial charge in [-0.15, -0.1) is 0 Å². The van der Waals surface area contributed by atoms with Crippen molar-refractivity contribution >= 4 is 40.8 Å². The molecule has 0 spiro atoms. The molecule has 1 unspecified atom stereocenters. The van der Waals surface area contributed by atoms with Crippen LogP contribution in [0.25, 0.3) is 0 Å². The topological polar surface area (TPSA) is 64.7 Å². The molecule has 2 N–H and O–H groups in total. The molecule has 1 aliphatic heterocycles. The number of hydrogen-bond acceptors (Lipinski definition) is 3. The second-order valence-corrected chi connectivity index (χ2v) is 7.22. The van der Waals surface area contributed by atoms with Gasteiger partial charge in [-0.3, -0.25) is 4.79 Å². The molecule has 138 valence electrons. The highest BCUT2D eigenvalue weighted by Crippen LogP contribution is 2.27. The van der Waals surface area contributed by atoms with Crippen LogP contribution in [-0.2, 0) is 4.79 Å². The first-order chi connectivity index (χ1) is 11.8. The summed E-state index contributed by atoms with van der Waals surface area (Å²) >= 11 is 12.0. The molecule has 8 heteroatoms. The Balaban J connectivity index is 1.85.